The van der Waals surface area contributed by atoms with Crippen LogP contribution >= 0.6 is 23.2 Å². The fourth-order valence-corrected chi connectivity index (χ4v) is 3.87. The first-order valence-electron chi connectivity index (χ1n) is 11.2. The van der Waals surface area contributed by atoms with E-state index in [9.17, 15) is 9.59 Å². The molecule has 0 radical (unpaired) electrons. The summed E-state index contributed by atoms with van der Waals surface area (Å²) in [6, 6.07) is 12.9. The lowest BCUT2D eigenvalue weighted by atomic mass is 10.00. The molecule has 0 bridgehead atoms. The number of hydrogen-bond donors (Lipinski definition) is 1. The highest BCUT2D eigenvalue weighted by Gasteiger charge is 2.27. The molecule has 0 heterocycles. The van der Waals surface area contributed by atoms with Crippen LogP contribution in [-0.2, 0) is 22.6 Å². The summed E-state index contributed by atoms with van der Waals surface area (Å²) < 4.78 is 0. The highest BCUT2D eigenvalue weighted by molar-refractivity contribution is 6.36. The Kier molecular flexibility index (Phi) is 10.0. The number of hydrogen-bond acceptors (Lipinski definition) is 2. The van der Waals surface area contributed by atoms with Crippen molar-refractivity contribution in [1.29, 1.82) is 0 Å². The smallest absolute Gasteiger partial charge is 0.242 e. The molecule has 6 heteroatoms. The van der Waals surface area contributed by atoms with E-state index in [1.807, 2.05) is 13.8 Å². The van der Waals surface area contributed by atoms with Crippen molar-refractivity contribution in [2.24, 2.45) is 5.92 Å². The molecule has 0 unspecified atom stereocenters. The number of aryl methyl sites for hydroxylation is 1. The topological polar surface area (TPSA) is 49.4 Å². The Morgan fingerprint density at radius 2 is 1.53 bits per heavy atom. The second-order valence-corrected chi connectivity index (χ2v) is 9.75. The van der Waals surface area contributed by atoms with Gasteiger partial charge in [-0.3, -0.25) is 9.59 Å². The Hall–Kier alpha value is -2.04. The Bertz CT molecular complexity index is 890. The summed E-state index contributed by atoms with van der Waals surface area (Å²) >= 11 is 12.7. The Labute approximate surface area is 202 Å². The number of halogens is 2. The normalized spacial score (nSPS) is 12.2. The summed E-state index contributed by atoms with van der Waals surface area (Å²) in [6.07, 6.45) is 0.898. The number of carbonyl (C=O) groups is 2. The van der Waals surface area contributed by atoms with E-state index in [-0.39, 0.29) is 18.4 Å². The van der Waals surface area contributed by atoms with E-state index in [0.717, 1.165) is 5.56 Å². The summed E-state index contributed by atoms with van der Waals surface area (Å²) in [5.74, 6) is 0.492. The molecule has 0 aliphatic carbocycles. The lowest BCUT2D eigenvalue weighted by Gasteiger charge is -2.29. The highest BCUT2D eigenvalue weighted by Crippen LogP contribution is 2.27. The lowest BCUT2D eigenvalue weighted by molar-refractivity contribution is -0.140. The van der Waals surface area contributed by atoms with E-state index in [1.54, 1.807) is 30.0 Å². The van der Waals surface area contributed by atoms with E-state index in [1.165, 1.54) is 5.56 Å². The molecular weight excluding hydrogens is 443 g/mol. The maximum absolute atomic E-state index is 13.3. The molecule has 0 spiro atoms. The largest absolute Gasteiger partial charge is 0.354 e. The SMILES string of the molecule is CC(C)CNC(=O)[C@H](C)N(Cc1c(Cl)cccc1Cl)C(=O)CCc1ccc(C(C)C)cc1. The van der Waals surface area contributed by atoms with Crippen molar-refractivity contribution in [3.05, 3.63) is 69.2 Å². The van der Waals surface area contributed by atoms with Crippen LogP contribution in [-0.4, -0.2) is 29.3 Å². The zero-order valence-electron chi connectivity index (χ0n) is 19.6. The van der Waals surface area contributed by atoms with Crippen LogP contribution in [0.3, 0.4) is 0 Å². The predicted octanol–water partition coefficient (Wildman–Crippen LogP) is 6.24. The van der Waals surface area contributed by atoms with Gasteiger partial charge in [0.15, 0.2) is 0 Å². The van der Waals surface area contributed by atoms with Crippen LogP contribution < -0.4 is 5.32 Å². The first-order chi connectivity index (χ1) is 15.1. The predicted molar refractivity (Wildman–Crippen MR) is 133 cm³/mol. The molecule has 2 aromatic rings. The van der Waals surface area contributed by atoms with Crippen molar-refractivity contribution in [2.75, 3.05) is 6.54 Å². The fourth-order valence-electron chi connectivity index (χ4n) is 3.35. The van der Waals surface area contributed by atoms with Crippen molar-refractivity contribution < 1.29 is 9.59 Å². The summed E-state index contributed by atoms with van der Waals surface area (Å²) in [6.45, 7) is 10.9. The van der Waals surface area contributed by atoms with Gasteiger partial charge in [-0.15, -0.1) is 0 Å². The van der Waals surface area contributed by atoms with E-state index in [0.29, 0.717) is 46.8 Å². The molecule has 0 aromatic heterocycles. The van der Waals surface area contributed by atoms with E-state index < -0.39 is 6.04 Å². The maximum atomic E-state index is 13.3. The van der Waals surface area contributed by atoms with Gasteiger partial charge in [-0.25, -0.2) is 0 Å². The fraction of sp³-hybridized carbons (Fsp3) is 0.462. The number of amides is 2. The third-order valence-electron chi connectivity index (χ3n) is 5.52. The molecule has 1 atom stereocenters. The number of benzene rings is 2. The van der Waals surface area contributed by atoms with Crippen molar-refractivity contribution >= 4 is 35.0 Å². The van der Waals surface area contributed by atoms with Crippen LogP contribution in [0.15, 0.2) is 42.5 Å². The minimum atomic E-state index is -0.642. The maximum Gasteiger partial charge on any atom is 0.242 e. The van der Waals surface area contributed by atoms with E-state index >= 15 is 0 Å². The molecule has 0 saturated heterocycles. The average Bonchev–Trinajstić information content (AvgIpc) is 2.75. The van der Waals surface area contributed by atoms with Gasteiger partial charge >= 0.3 is 0 Å². The van der Waals surface area contributed by atoms with Gasteiger partial charge in [-0.2, -0.15) is 0 Å². The molecule has 32 heavy (non-hydrogen) atoms. The molecule has 0 aliphatic heterocycles. The molecule has 0 fully saturated rings. The third kappa shape index (κ3) is 7.53. The number of carbonyl (C=O) groups excluding carboxylic acids is 2. The quantitative estimate of drug-likeness (QED) is 0.441. The molecule has 2 rings (SSSR count). The van der Waals surface area contributed by atoms with Crippen LogP contribution in [0.2, 0.25) is 10.0 Å². The molecule has 174 valence electrons. The van der Waals surface area contributed by atoms with Gasteiger partial charge in [-0.1, -0.05) is 81.2 Å². The van der Waals surface area contributed by atoms with Gasteiger partial charge < -0.3 is 10.2 Å². The first-order valence-corrected chi connectivity index (χ1v) is 11.9. The number of nitrogens with one attached hydrogen (secondary N) is 1. The molecule has 0 aliphatic rings. The van der Waals surface area contributed by atoms with E-state index in [4.69, 9.17) is 23.2 Å². The minimum Gasteiger partial charge on any atom is -0.354 e. The van der Waals surface area contributed by atoms with Crippen LogP contribution in [0, 0.1) is 5.92 Å². The zero-order valence-corrected chi connectivity index (χ0v) is 21.1. The van der Waals surface area contributed by atoms with Crippen molar-refractivity contribution in [3.63, 3.8) is 0 Å². The summed E-state index contributed by atoms with van der Waals surface area (Å²) in [5, 5.41) is 3.89. The van der Waals surface area contributed by atoms with Crippen LogP contribution in [0.4, 0.5) is 0 Å². The second-order valence-electron chi connectivity index (χ2n) is 8.93. The molecule has 4 nitrogen and oxygen atoms in total. The third-order valence-corrected chi connectivity index (χ3v) is 6.22. The van der Waals surface area contributed by atoms with E-state index in [2.05, 4.69) is 43.4 Å². The Morgan fingerprint density at radius 1 is 0.938 bits per heavy atom. The zero-order chi connectivity index (χ0) is 23.8. The van der Waals surface area contributed by atoms with Crippen molar-refractivity contribution in [1.82, 2.24) is 10.2 Å². The lowest BCUT2D eigenvalue weighted by Crippen LogP contribution is -2.48. The first kappa shape index (κ1) is 26.2. The standard InChI is InChI=1S/C26H34Cl2N2O2/c1-17(2)15-29-26(32)19(5)30(16-22-23(27)7-6-8-24(22)28)25(31)14-11-20-9-12-21(13-10-20)18(3)4/h6-10,12-13,17-19H,11,14-16H2,1-5H3,(H,29,32)/t19-/m0/s1. The summed E-state index contributed by atoms with van der Waals surface area (Å²) in [5.41, 5.74) is 3.01. The van der Waals surface area contributed by atoms with Crippen molar-refractivity contribution in [2.45, 2.75) is 66.0 Å². The van der Waals surface area contributed by atoms with Gasteiger partial charge in [-0.05, 0) is 48.4 Å². The second kappa shape index (κ2) is 12.3. The molecule has 2 amide bonds. The van der Waals surface area contributed by atoms with Gasteiger partial charge in [0.1, 0.15) is 6.04 Å². The van der Waals surface area contributed by atoms with Gasteiger partial charge in [0, 0.05) is 35.1 Å². The highest BCUT2D eigenvalue weighted by atomic mass is 35.5. The summed E-state index contributed by atoms with van der Waals surface area (Å²) in [4.78, 5) is 27.6. The van der Waals surface area contributed by atoms with Crippen LogP contribution in [0.5, 0.6) is 0 Å². The average molecular weight is 477 g/mol. The van der Waals surface area contributed by atoms with Gasteiger partial charge in [0.25, 0.3) is 0 Å². The van der Waals surface area contributed by atoms with Gasteiger partial charge in [0.2, 0.25) is 11.8 Å². The van der Waals surface area contributed by atoms with Crippen molar-refractivity contribution in [3.8, 4) is 0 Å². The Morgan fingerprint density at radius 3 is 2.06 bits per heavy atom. The molecular formula is C26H34Cl2N2O2. The molecule has 0 saturated carbocycles. The van der Waals surface area contributed by atoms with Crippen LogP contribution in [0.25, 0.3) is 0 Å². The molecule has 1 N–H and O–H groups in total. The number of rotatable bonds is 10. The summed E-state index contributed by atoms with van der Waals surface area (Å²) in [7, 11) is 0. The Balaban J connectivity index is 2.18. The number of nitrogens with zero attached hydrogens (tertiary/aromatic N) is 1. The molecule has 2 aromatic carbocycles. The minimum absolute atomic E-state index is 0.110. The monoisotopic (exact) mass is 476 g/mol. The van der Waals surface area contributed by atoms with Crippen LogP contribution in [0.1, 0.15) is 63.6 Å². The van der Waals surface area contributed by atoms with Gasteiger partial charge in [0.05, 0.1) is 0 Å².